The summed E-state index contributed by atoms with van der Waals surface area (Å²) in [6, 6.07) is 2.07. The Kier molecular flexibility index (Phi) is 5.73. The summed E-state index contributed by atoms with van der Waals surface area (Å²) in [6.07, 6.45) is -2.60. The van der Waals surface area contributed by atoms with Gasteiger partial charge in [-0.2, -0.15) is 14.0 Å². The van der Waals surface area contributed by atoms with Crippen LogP contribution in [0.2, 0.25) is 0 Å². The fraction of sp³-hybridized carbons (Fsp3) is 0.900. The Labute approximate surface area is 92.6 Å². The van der Waals surface area contributed by atoms with Gasteiger partial charge in [-0.1, -0.05) is 0 Å². The Morgan fingerprint density at radius 2 is 1.88 bits per heavy atom. The summed E-state index contributed by atoms with van der Waals surface area (Å²) >= 11 is 0. The second-order valence-electron chi connectivity index (χ2n) is 4.34. The van der Waals surface area contributed by atoms with Crippen molar-refractivity contribution >= 4 is 0 Å². The van der Waals surface area contributed by atoms with E-state index in [4.69, 9.17) is 5.26 Å². The van der Waals surface area contributed by atoms with Gasteiger partial charge in [0.2, 0.25) is 0 Å². The fourth-order valence-corrected chi connectivity index (χ4v) is 1.04. The monoisotopic (exact) mass is 240 g/mol. The van der Waals surface area contributed by atoms with E-state index in [-0.39, 0.29) is 6.54 Å². The van der Waals surface area contributed by atoms with E-state index in [1.54, 1.807) is 13.8 Å². The lowest BCUT2D eigenvalue weighted by atomic mass is 9.90. The maximum atomic E-state index is 12.4. The molecular weight excluding hydrogens is 224 g/mol. The van der Waals surface area contributed by atoms with Crippen molar-refractivity contribution in [2.45, 2.75) is 39.0 Å². The molecule has 0 aliphatic heterocycles. The Morgan fingerprint density at radius 3 is 2.31 bits per heavy atom. The maximum absolute atomic E-state index is 12.4. The minimum atomic E-state index is -3.98. The average molecular weight is 240 g/mol. The van der Waals surface area contributed by atoms with Gasteiger partial charge in [0.15, 0.2) is 0 Å². The molecule has 0 aromatic rings. The quantitative estimate of drug-likeness (QED) is 0.548. The molecule has 0 unspecified atom stereocenters. The third-order valence-corrected chi connectivity index (χ3v) is 2.14. The predicted molar refractivity (Wildman–Crippen MR) is 52.4 cm³/mol. The van der Waals surface area contributed by atoms with Crippen LogP contribution < -0.4 is 5.32 Å². The zero-order chi connectivity index (χ0) is 12.8. The first-order valence-electron chi connectivity index (χ1n) is 4.99. The summed E-state index contributed by atoms with van der Waals surface area (Å²) < 4.78 is 48.3. The Balaban J connectivity index is 3.67. The molecular formula is C10H16F4N2. The molecule has 0 amide bonds. The van der Waals surface area contributed by atoms with Crippen molar-refractivity contribution in [3.05, 3.63) is 0 Å². The number of alkyl halides is 4. The summed E-state index contributed by atoms with van der Waals surface area (Å²) in [5.74, 6) is -3.98. The van der Waals surface area contributed by atoms with Crippen LogP contribution in [0.4, 0.5) is 17.6 Å². The molecule has 0 bridgehead atoms. The van der Waals surface area contributed by atoms with E-state index in [1.807, 2.05) is 0 Å². The molecule has 0 spiro atoms. The standard InChI is InChI=1S/C10H16F4N2/c1-9(2,6-15)4-3-5-16-7-10(13,14)8(11)12/h8,16H,3-5,7H2,1-2H3. The van der Waals surface area contributed by atoms with E-state index < -0.39 is 24.3 Å². The van der Waals surface area contributed by atoms with E-state index in [1.165, 1.54) is 0 Å². The highest BCUT2D eigenvalue weighted by Gasteiger charge is 2.39. The Bertz CT molecular complexity index is 246. The predicted octanol–water partition coefficient (Wildman–Crippen LogP) is 2.81. The molecule has 0 aliphatic rings. The largest absolute Gasteiger partial charge is 0.319 e. The van der Waals surface area contributed by atoms with Crippen LogP contribution >= 0.6 is 0 Å². The summed E-state index contributed by atoms with van der Waals surface area (Å²) in [5, 5.41) is 10.9. The molecule has 16 heavy (non-hydrogen) atoms. The molecule has 0 rings (SSSR count). The highest BCUT2D eigenvalue weighted by Crippen LogP contribution is 2.22. The molecule has 0 atom stereocenters. The van der Waals surface area contributed by atoms with Crippen molar-refractivity contribution in [1.29, 1.82) is 5.26 Å². The molecule has 0 saturated heterocycles. The molecule has 1 N–H and O–H groups in total. The fourth-order valence-electron chi connectivity index (χ4n) is 1.04. The van der Waals surface area contributed by atoms with Crippen molar-refractivity contribution in [3.8, 4) is 6.07 Å². The molecule has 2 nitrogen and oxygen atoms in total. The lowest BCUT2D eigenvalue weighted by Gasteiger charge is -2.17. The van der Waals surface area contributed by atoms with Crippen molar-refractivity contribution in [3.63, 3.8) is 0 Å². The average Bonchev–Trinajstić information content (AvgIpc) is 2.16. The van der Waals surface area contributed by atoms with Gasteiger partial charge >= 0.3 is 12.3 Å². The third kappa shape index (κ3) is 5.91. The SMILES string of the molecule is CC(C)(C#N)CCCNCC(F)(F)C(F)F. The number of nitrogens with zero attached hydrogens (tertiary/aromatic N) is 1. The number of nitriles is 1. The molecule has 94 valence electrons. The summed E-state index contributed by atoms with van der Waals surface area (Å²) in [6.45, 7) is 2.65. The number of nitrogens with one attached hydrogen (secondary N) is 1. The maximum Gasteiger partial charge on any atom is 0.319 e. The van der Waals surface area contributed by atoms with Gasteiger partial charge in [-0.15, -0.1) is 0 Å². The van der Waals surface area contributed by atoms with Crippen LogP contribution in [0.25, 0.3) is 0 Å². The first-order chi connectivity index (χ1) is 7.21. The molecule has 0 heterocycles. The lowest BCUT2D eigenvalue weighted by molar-refractivity contribution is -0.125. The second-order valence-corrected chi connectivity index (χ2v) is 4.34. The third-order valence-electron chi connectivity index (χ3n) is 2.14. The Hall–Kier alpha value is -0.830. The van der Waals surface area contributed by atoms with Crippen LogP contribution in [-0.4, -0.2) is 25.4 Å². The highest BCUT2D eigenvalue weighted by molar-refractivity contribution is 4.91. The van der Waals surface area contributed by atoms with Gasteiger partial charge in [0.1, 0.15) is 0 Å². The van der Waals surface area contributed by atoms with Crippen LogP contribution in [0.5, 0.6) is 0 Å². The minimum absolute atomic E-state index is 0.202. The first kappa shape index (κ1) is 15.2. The molecule has 0 saturated carbocycles. The van der Waals surface area contributed by atoms with Gasteiger partial charge in [-0.05, 0) is 33.2 Å². The van der Waals surface area contributed by atoms with Gasteiger partial charge in [0, 0.05) is 0 Å². The normalized spacial score (nSPS) is 12.9. The van der Waals surface area contributed by atoms with E-state index in [9.17, 15) is 17.6 Å². The summed E-state index contributed by atoms with van der Waals surface area (Å²) in [4.78, 5) is 0. The van der Waals surface area contributed by atoms with Crippen LogP contribution in [0.1, 0.15) is 26.7 Å². The molecule has 0 aromatic heterocycles. The van der Waals surface area contributed by atoms with Crippen LogP contribution in [0.3, 0.4) is 0 Å². The van der Waals surface area contributed by atoms with Gasteiger partial charge in [-0.25, -0.2) is 8.78 Å². The van der Waals surface area contributed by atoms with Crippen molar-refractivity contribution in [2.75, 3.05) is 13.1 Å². The summed E-state index contributed by atoms with van der Waals surface area (Å²) in [7, 11) is 0. The molecule has 0 radical (unpaired) electrons. The smallest absolute Gasteiger partial charge is 0.311 e. The van der Waals surface area contributed by atoms with Crippen LogP contribution in [-0.2, 0) is 0 Å². The van der Waals surface area contributed by atoms with E-state index in [0.717, 1.165) is 0 Å². The second kappa shape index (κ2) is 6.04. The minimum Gasteiger partial charge on any atom is -0.311 e. The van der Waals surface area contributed by atoms with E-state index in [0.29, 0.717) is 12.8 Å². The highest BCUT2D eigenvalue weighted by atomic mass is 19.3. The number of hydrogen-bond acceptors (Lipinski definition) is 2. The van der Waals surface area contributed by atoms with Gasteiger partial charge < -0.3 is 5.32 Å². The van der Waals surface area contributed by atoms with Crippen molar-refractivity contribution in [2.24, 2.45) is 5.41 Å². The molecule has 0 aromatic carbocycles. The summed E-state index contributed by atoms with van der Waals surface area (Å²) in [5.41, 5.74) is -0.507. The van der Waals surface area contributed by atoms with Crippen molar-refractivity contribution in [1.82, 2.24) is 5.32 Å². The van der Waals surface area contributed by atoms with Gasteiger partial charge in [0.05, 0.1) is 18.0 Å². The first-order valence-corrected chi connectivity index (χ1v) is 4.99. The number of hydrogen-bond donors (Lipinski definition) is 1. The zero-order valence-electron chi connectivity index (χ0n) is 9.36. The lowest BCUT2D eigenvalue weighted by Crippen LogP contribution is -2.39. The van der Waals surface area contributed by atoms with Gasteiger partial charge in [-0.3, -0.25) is 0 Å². The van der Waals surface area contributed by atoms with Gasteiger partial charge in [0.25, 0.3) is 0 Å². The Morgan fingerprint density at radius 1 is 1.31 bits per heavy atom. The topological polar surface area (TPSA) is 35.8 Å². The van der Waals surface area contributed by atoms with E-state index >= 15 is 0 Å². The number of halogens is 4. The van der Waals surface area contributed by atoms with Crippen LogP contribution in [0, 0.1) is 16.7 Å². The molecule has 0 aliphatic carbocycles. The van der Waals surface area contributed by atoms with Crippen molar-refractivity contribution < 1.29 is 17.6 Å². The molecule has 6 heteroatoms. The molecule has 0 fully saturated rings. The van der Waals surface area contributed by atoms with Crippen LogP contribution in [0.15, 0.2) is 0 Å². The van der Waals surface area contributed by atoms with E-state index in [2.05, 4.69) is 11.4 Å². The number of rotatable bonds is 7. The zero-order valence-corrected chi connectivity index (χ0v) is 9.36.